The fourth-order valence-electron chi connectivity index (χ4n) is 1.88. The van der Waals surface area contributed by atoms with E-state index in [9.17, 15) is 22.0 Å². The Balaban J connectivity index is 2.26. The summed E-state index contributed by atoms with van der Waals surface area (Å²) >= 11 is 0. The van der Waals surface area contributed by atoms with Gasteiger partial charge in [-0.2, -0.15) is 0 Å². The number of carbonyl (C=O) groups excluding carboxylic acids is 1. The molecule has 1 unspecified atom stereocenters. The average molecular weight is 304 g/mol. The minimum Gasteiger partial charge on any atom is -0.321 e. The minimum atomic E-state index is -4.21. The van der Waals surface area contributed by atoms with Gasteiger partial charge in [0, 0.05) is 5.92 Å². The van der Waals surface area contributed by atoms with Crippen LogP contribution in [0.4, 0.5) is 14.5 Å². The largest absolute Gasteiger partial charge is 0.321 e. The molecule has 1 aliphatic carbocycles. The molecule has 1 aromatic rings. The summed E-state index contributed by atoms with van der Waals surface area (Å²) in [6.07, 6.45) is 1.84. The van der Waals surface area contributed by atoms with Crippen molar-refractivity contribution in [3.8, 4) is 0 Å². The molecule has 3 N–H and O–H groups in total. The number of hydrogen-bond acceptors (Lipinski definition) is 3. The Hall–Kier alpha value is -1.54. The van der Waals surface area contributed by atoms with Crippen molar-refractivity contribution in [2.24, 2.45) is 17.0 Å². The fourth-order valence-corrected chi connectivity index (χ4v) is 2.42. The van der Waals surface area contributed by atoms with Crippen molar-refractivity contribution < 1.29 is 22.0 Å². The molecule has 1 amide bonds. The van der Waals surface area contributed by atoms with Crippen molar-refractivity contribution in [3.63, 3.8) is 0 Å². The molecule has 1 aliphatic rings. The number of hydrogen-bond donors (Lipinski definition) is 2. The van der Waals surface area contributed by atoms with Crippen molar-refractivity contribution in [1.29, 1.82) is 0 Å². The molecule has 2 rings (SSSR count). The topological polar surface area (TPSA) is 89.3 Å². The van der Waals surface area contributed by atoms with Gasteiger partial charge in [0.2, 0.25) is 15.9 Å². The van der Waals surface area contributed by atoms with Crippen LogP contribution in [-0.4, -0.2) is 14.3 Å². The lowest BCUT2D eigenvalue weighted by atomic mass is 10.1. The van der Waals surface area contributed by atoms with Gasteiger partial charge in [-0.1, -0.05) is 6.92 Å². The second-order valence-corrected chi connectivity index (χ2v) is 6.48. The Morgan fingerprint density at radius 3 is 2.25 bits per heavy atom. The van der Waals surface area contributed by atoms with Gasteiger partial charge in [0.05, 0.1) is 4.90 Å². The molecule has 1 atom stereocenters. The average Bonchev–Trinajstić information content (AvgIpc) is 3.15. The van der Waals surface area contributed by atoms with Gasteiger partial charge in [0.1, 0.15) is 5.69 Å². The van der Waals surface area contributed by atoms with Gasteiger partial charge in [0.15, 0.2) is 11.6 Å². The van der Waals surface area contributed by atoms with Crippen LogP contribution in [0.1, 0.15) is 19.8 Å². The molecular formula is C12H14F2N2O3S. The van der Waals surface area contributed by atoms with Crippen LogP contribution in [0.5, 0.6) is 0 Å². The molecule has 0 spiro atoms. The molecule has 0 aromatic heterocycles. The van der Waals surface area contributed by atoms with Crippen LogP contribution in [0.15, 0.2) is 17.0 Å². The Morgan fingerprint density at radius 1 is 1.35 bits per heavy atom. The van der Waals surface area contributed by atoms with Crippen LogP contribution in [0.3, 0.4) is 0 Å². The quantitative estimate of drug-likeness (QED) is 0.885. The molecule has 0 aliphatic heterocycles. The summed E-state index contributed by atoms with van der Waals surface area (Å²) in [5, 5.41) is 6.95. The zero-order chi connectivity index (χ0) is 15.1. The summed E-state index contributed by atoms with van der Waals surface area (Å²) in [4.78, 5) is 11.1. The molecular weight excluding hydrogens is 290 g/mol. The smallest absolute Gasteiger partial charge is 0.238 e. The molecule has 0 heterocycles. The number of sulfonamides is 1. The molecule has 0 radical (unpaired) electrons. The predicted octanol–water partition coefficient (Wildman–Crippen LogP) is 1.60. The monoisotopic (exact) mass is 304 g/mol. The maximum absolute atomic E-state index is 13.7. The zero-order valence-corrected chi connectivity index (χ0v) is 11.5. The number of carbonyl (C=O) groups is 1. The number of nitrogens with two attached hydrogens (primary N) is 1. The van der Waals surface area contributed by atoms with E-state index in [2.05, 4.69) is 5.32 Å². The number of rotatable bonds is 4. The Kier molecular flexibility index (Phi) is 3.79. The molecule has 1 aromatic carbocycles. The first kappa shape index (κ1) is 14.9. The third-order valence-electron chi connectivity index (χ3n) is 3.34. The Bertz CT molecular complexity index is 634. The van der Waals surface area contributed by atoms with Crippen molar-refractivity contribution >= 4 is 21.6 Å². The van der Waals surface area contributed by atoms with E-state index < -0.39 is 38.1 Å². The molecule has 20 heavy (non-hydrogen) atoms. The summed E-state index contributed by atoms with van der Waals surface area (Å²) in [6.45, 7) is 1.68. The molecule has 0 bridgehead atoms. The lowest BCUT2D eigenvalue weighted by Gasteiger charge is -2.13. The fraction of sp³-hybridized carbons (Fsp3) is 0.417. The van der Waals surface area contributed by atoms with Crippen molar-refractivity contribution in [3.05, 3.63) is 23.8 Å². The second kappa shape index (κ2) is 5.10. The molecule has 1 saturated carbocycles. The van der Waals surface area contributed by atoms with Gasteiger partial charge in [-0.25, -0.2) is 22.3 Å². The van der Waals surface area contributed by atoms with Crippen molar-refractivity contribution in [1.82, 2.24) is 0 Å². The van der Waals surface area contributed by atoms with Crippen LogP contribution in [0.2, 0.25) is 0 Å². The first-order valence-electron chi connectivity index (χ1n) is 6.03. The maximum Gasteiger partial charge on any atom is 0.238 e. The number of halogens is 2. The highest BCUT2D eigenvalue weighted by Crippen LogP contribution is 2.37. The van der Waals surface area contributed by atoms with Crippen LogP contribution in [0.25, 0.3) is 0 Å². The van der Waals surface area contributed by atoms with Crippen molar-refractivity contribution in [2.75, 3.05) is 5.32 Å². The van der Waals surface area contributed by atoms with Gasteiger partial charge < -0.3 is 5.32 Å². The highest BCUT2D eigenvalue weighted by molar-refractivity contribution is 7.89. The van der Waals surface area contributed by atoms with E-state index in [0.29, 0.717) is 12.1 Å². The van der Waals surface area contributed by atoms with Crippen LogP contribution in [-0.2, 0) is 14.8 Å². The zero-order valence-electron chi connectivity index (χ0n) is 10.7. The van der Waals surface area contributed by atoms with E-state index in [1.165, 1.54) is 0 Å². The number of benzene rings is 1. The summed E-state index contributed by atoms with van der Waals surface area (Å²) in [5.41, 5.74) is -0.657. The summed E-state index contributed by atoms with van der Waals surface area (Å²) < 4.78 is 49.5. The van der Waals surface area contributed by atoms with Crippen LogP contribution in [0, 0.1) is 23.5 Å². The second-order valence-electron chi connectivity index (χ2n) is 4.92. The molecule has 0 saturated heterocycles. The maximum atomic E-state index is 13.7. The van der Waals surface area contributed by atoms with Gasteiger partial charge in [-0.15, -0.1) is 0 Å². The molecule has 1 fully saturated rings. The van der Waals surface area contributed by atoms with Gasteiger partial charge in [-0.05, 0) is 30.9 Å². The number of anilines is 1. The third kappa shape index (κ3) is 3.13. The van der Waals surface area contributed by atoms with Gasteiger partial charge in [-0.3, -0.25) is 4.79 Å². The predicted molar refractivity (Wildman–Crippen MR) is 68.2 cm³/mol. The Labute approximate surface area is 115 Å². The van der Waals surface area contributed by atoms with E-state index >= 15 is 0 Å². The van der Waals surface area contributed by atoms with Crippen LogP contribution >= 0.6 is 0 Å². The minimum absolute atomic E-state index is 0.241. The van der Waals surface area contributed by atoms with E-state index in [4.69, 9.17) is 5.14 Å². The van der Waals surface area contributed by atoms with Crippen LogP contribution < -0.4 is 10.5 Å². The third-order valence-corrected chi connectivity index (χ3v) is 4.23. The Morgan fingerprint density at radius 2 is 1.85 bits per heavy atom. The van der Waals surface area contributed by atoms with E-state index in [1.807, 2.05) is 0 Å². The summed E-state index contributed by atoms with van der Waals surface area (Å²) in [5.74, 6) is -2.94. The first-order valence-corrected chi connectivity index (χ1v) is 7.57. The highest BCUT2D eigenvalue weighted by atomic mass is 32.2. The number of primary sulfonamides is 1. The van der Waals surface area contributed by atoms with E-state index in [1.54, 1.807) is 6.92 Å². The van der Waals surface area contributed by atoms with Gasteiger partial charge in [0.25, 0.3) is 0 Å². The lowest BCUT2D eigenvalue weighted by Crippen LogP contribution is -2.23. The standard InChI is InChI=1S/C12H14F2N2O3S/c1-6(7-2-3-7)12(17)16-11-9(13)4-8(5-10(11)14)20(15,18)19/h4-7H,2-3H2,1H3,(H,16,17)(H2,15,18,19). The number of nitrogens with one attached hydrogen (secondary N) is 1. The SMILES string of the molecule is CC(C(=O)Nc1c(F)cc(S(N)(=O)=O)cc1F)C1CC1. The lowest BCUT2D eigenvalue weighted by molar-refractivity contribution is -0.120. The number of amides is 1. The molecule has 8 heteroatoms. The summed E-state index contributed by atoms with van der Waals surface area (Å²) in [6, 6.07) is 1.16. The van der Waals surface area contributed by atoms with Crippen molar-refractivity contribution in [2.45, 2.75) is 24.7 Å². The first-order chi connectivity index (χ1) is 9.20. The molecule has 5 nitrogen and oxygen atoms in total. The highest BCUT2D eigenvalue weighted by Gasteiger charge is 2.33. The van der Waals surface area contributed by atoms with Gasteiger partial charge >= 0.3 is 0 Å². The normalized spacial score (nSPS) is 16.8. The van der Waals surface area contributed by atoms with E-state index in [0.717, 1.165) is 12.8 Å². The molecule has 110 valence electrons. The van der Waals surface area contributed by atoms with E-state index in [-0.39, 0.29) is 11.8 Å². The summed E-state index contributed by atoms with van der Waals surface area (Å²) in [7, 11) is -4.21.